The van der Waals surface area contributed by atoms with Crippen molar-refractivity contribution < 1.29 is 19.0 Å². The molecule has 0 spiro atoms. The fourth-order valence-corrected chi connectivity index (χ4v) is 2.40. The van der Waals surface area contributed by atoms with Crippen LogP contribution in [0.1, 0.15) is 31.9 Å². The molecule has 0 bridgehead atoms. The molecule has 0 atom stereocenters. The minimum Gasteiger partial charge on any atom is -0.475 e. The Hall–Kier alpha value is -2.90. The van der Waals surface area contributed by atoms with E-state index in [0.717, 1.165) is 16.8 Å². The van der Waals surface area contributed by atoms with Gasteiger partial charge in [0.25, 0.3) is 0 Å². The Bertz CT molecular complexity index is 812. The molecule has 7 nitrogen and oxygen atoms in total. The van der Waals surface area contributed by atoms with Gasteiger partial charge in [-0.3, -0.25) is 4.90 Å². The first-order valence-electron chi connectivity index (χ1n) is 9.90. The highest BCUT2D eigenvalue weighted by atomic mass is 16.6. The van der Waals surface area contributed by atoms with Crippen LogP contribution in [0.4, 0.5) is 10.5 Å². The van der Waals surface area contributed by atoms with E-state index >= 15 is 0 Å². The first kappa shape index (κ1) is 23.4. The first-order chi connectivity index (χ1) is 14.3. The van der Waals surface area contributed by atoms with Gasteiger partial charge in [0.15, 0.2) is 0 Å². The SMILES string of the molecule is CN(C(=O)OC(C)(C)C)c1ccc(/C=C/c2ccc(OCCOCCN)nc2)cc1. The van der Waals surface area contributed by atoms with E-state index in [4.69, 9.17) is 19.9 Å². The molecule has 1 aromatic heterocycles. The first-order valence-corrected chi connectivity index (χ1v) is 9.90. The molecule has 0 fully saturated rings. The summed E-state index contributed by atoms with van der Waals surface area (Å²) in [5.41, 5.74) is 7.56. The lowest BCUT2D eigenvalue weighted by Gasteiger charge is -2.24. The average molecular weight is 414 g/mol. The molecule has 0 saturated heterocycles. The van der Waals surface area contributed by atoms with Crippen LogP contribution < -0.4 is 15.4 Å². The van der Waals surface area contributed by atoms with Crippen molar-refractivity contribution in [2.75, 3.05) is 38.3 Å². The molecule has 1 amide bonds. The van der Waals surface area contributed by atoms with Crippen molar-refractivity contribution in [3.05, 3.63) is 53.7 Å². The lowest BCUT2D eigenvalue weighted by Crippen LogP contribution is -2.34. The molecule has 0 saturated carbocycles. The van der Waals surface area contributed by atoms with Gasteiger partial charge in [-0.15, -0.1) is 0 Å². The highest BCUT2D eigenvalue weighted by Gasteiger charge is 2.20. The van der Waals surface area contributed by atoms with Gasteiger partial charge in [0.2, 0.25) is 5.88 Å². The minimum atomic E-state index is -0.527. The van der Waals surface area contributed by atoms with Crippen LogP contribution in [0.5, 0.6) is 5.88 Å². The van der Waals surface area contributed by atoms with E-state index in [9.17, 15) is 4.79 Å². The predicted molar refractivity (Wildman–Crippen MR) is 120 cm³/mol. The van der Waals surface area contributed by atoms with Crippen molar-refractivity contribution in [2.24, 2.45) is 5.73 Å². The number of hydrogen-bond acceptors (Lipinski definition) is 6. The van der Waals surface area contributed by atoms with Crippen molar-refractivity contribution >= 4 is 23.9 Å². The number of carbonyl (C=O) groups excluding carboxylic acids is 1. The fraction of sp³-hybridized carbons (Fsp3) is 0.391. The molecule has 1 heterocycles. The van der Waals surface area contributed by atoms with E-state index < -0.39 is 5.60 Å². The van der Waals surface area contributed by atoms with Crippen molar-refractivity contribution in [1.82, 2.24) is 4.98 Å². The Balaban J connectivity index is 1.88. The zero-order valence-electron chi connectivity index (χ0n) is 18.1. The third-order valence-electron chi connectivity index (χ3n) is 3.92. The molecule has 162 valence electrons. The molecule has 1 aromatic carbocycles. The largest absolute Gasteiger partial charge is 0.475 e. The molecule has 0 aliphatic carbocycles. The second-order valence-corrected chi connectivity index (χ2v) is 7.64. The summed E-state index contributed by atoms with van der Waals surface area (Å²) in [6, 6.07) is 11.4. The lowest BCUT2D eigenvalue weighted by atomic mass is 10.1. The Morgan fingerprint density at radius 3 is 2.30 bits per heavy atom. The standard InChI is InChI=1S/C23H31N3O4/c1-23(2,3)30-22(27)26(4)20-10-7-18(8-11-20)5-6-19-9-12-21(25-17-19)29-16-15-28-14-13-24/h5-12,17H,13-16,24H2,1-4H3/b6-5+. The Kier molecular flexibility index (Phi) is 8.83. The second-order valence-electron chi connectivity index (χ2n) is 7.64. The molecule has 0 radical (unpaired) electrons. The molecule has 0 unspecified atom stereocenters. The number of carbonyl (C=O) groups is 1. The van der Waals surface area contributed by atoms with Gasteiger partial charge in [0, 0.05) is 31.5 Å². The van der Waals surface area contributed by atoms with Gasteiger partial charge in [-0.2, -0.15) is 0 Å². The predicted octanol–water partition coefficient (Wildman–Crippen LogP) is 3.98. The van der Waals surface area contributed by atoms with Crippen LogP contribution in [0.15, 0.2) is 42.6 Å². The van der Waals surface area contributed by atoms with Gasteiger partial charge in [-0.05, 0) is 50.1 Å². The van der Waals surface area contributed by atoms with E-state index in [-0.39, 0.29) is 6.09 Å². The maximum atomic E-state index is 12.2. The maximum absolute atomic E-state index is 12.2. The summed E-state index contributed by atoms with van der Waals surface area (Å²) in [5.74, 6) is 0.554. The van der Waals surface area contributed by atoms with Crippen LogP contribution in [0.3, 0.4) is 0 Å². The third kappa shape index (κ3) is 8.23. The Labute approximate surface area is 178 Å². The summed E-state index contributed by atoms with van der Waals surface area (Å²) >= 11 is 0. The smallest absolute Gasteiger partial charge is 0.414 e. The van der Waals surface area contributed by atoms with Gasteiger partial charge in [0.1, 0.15) is 12.2 Å². The summed E-state index contributed by atoms with van der Waals surface area (Å²) in [4.78, 5) is 17.9. The number of hydrogen-bond donors (Lipinski definition) is 1. The number of aromatic nitrogens is 1. The number of nitrogens with zero attached hydrogens (tertiary/aromatic N) is 2. The van der Waals surface area contributed by atoms with Crippen LogP contribution >= 0.6 is 0 Å². The van der Waals surface area contributed by atoms with Crippen LogP contribution in [-0.4, -0.2) is 50.1 Å². The minimum absolute atomic E-state index is 0.384. The maximum Gasteiger partial charge on any atom is 0.414 e. The summed E-state index contributed by atoms with van der Waals surface area (Å²) in [5, 5.41) is 0. The van der Waals surface area contributed by atoms with Crippen LogP contribution in [0, 0.1) is 0 Å². The molecule has 30 heavy (non-hydrogen) atoms. The summed E-state index contributed by atoms with van der Waals surface area (Å²) in [6.45, 7) is 7.49. The molecule has 0 aliphatic heterocycles. The summed E-state index contributed by atoms with van der Waals surface area (Å²) in [6.07, 6.45) is 5.31. The molecule has 7 heteroatoms. The number of ether oxygens (including phenoxy) is 3. The van der Waals surface area contributed by atoms with Crippen molar-refractivity contribution in [1.29, 1.82) is 0 Å². The van der Waals surface area contributed by atoms with Gasteiger partial charge in [-0.1, -0.05) is 24.3 Å². The lowest BCUT2D eigenvalue weighted by molar-refractivity contribution is 0.0589. The zero-order valence-corrected chi connectivity index (χ0v) is 18.1. The Morgan fingerprint density at radius 1 is 1.03 bits per heavy atom. The highest BCUT2D eigenvalue weighted by Crippen LogP contribution is 2.19. The number of rotatable bonds is 9. The zero-order chi connectivity index (χ0) is 22.0. The quantitative estimate of drug-likeness (QED) is 0.626. The van der Waals surface area contributed by atoms with Crippen LogP contribution in [-0.2, 0) is 9.47 Å². The number of nitrogens with two attached hydrogens (primary N) is 1. The van der Waals surface area contributed by atoms with E-state index in [1.165, 1.54) is 4.90 Å². The fourth-order valence-electron chi connectivity index (χ4n) is 2.40. The molecule has 2 rings (SSSR count). The Morgan fingerprint density at radius 2 is 1.70 bits per heavy atom. The average Bonchev–Trinajstić information content (AvgIpc) is 2.71. The second kappa shape index (κ2) is 11.3. The van der Waals surface area contributed by atoms with E-state index in [1.807, 2.05) is 69.3 Å². The molecule has 2 N–H and O–H groups in total. The van der Waals surface area contributed by atoms with E-state index in [0.29, 0.717) is 32.2 Å². The number of pyridine rings is 1. The van der Waals surface area contributed by atoms with E-state index in [2.05, 4.69) is 4.98 Å². The van der Waals surface area contributed by atoms with Gasteiger partial charge >= 0.3 is 6.09 Å². The molecular weight excluding hydrogens is 382 g/mol. The van der Waals surface area contributed by atoms with Crippen molar-refractivity contribution in [3.63, 3.8) is 0 Å². The number of benzene rings is 1. The van der Waals surface area contributed by atoms with Crippen LogP contribution in [0.2, 0.25) is 0 Å². The monoisotopic (exact) mass is 413 g/mol. The van der Waals surface area contributed by atoms with Crippen molar-refractivity contribution in [2.45, 2.75) is 26.4 Å². The van der Waals surface area contributed by atoms with Gasteiger partial charge in [-0.25, -0.2) is 9.78 Å². The van der Waals surface area contributed by atoms with Gasteiger partial charge in [0.05, 0.1) is 13.2 Å². The van der Waals surface area contributed by atoms with Crippen LogP contribution in [0.25, 0.3) is 12.2 Å². The third-order valence-corrected chi connectivity index (χ3v) is 3.92. The van der Waals surface area contributed by atoms with E-state index in [1.54, 1.807) is 13.2 Å². The normalized spacial score (nSPS) is 11.5. The molecular formula is C23H31N3O4. The number of amides is 1. The highest BCUT2D eigenvalue weighted by molar-refractivity contribution is 5.87. The molecule has 2 aromatic rings. The van der Waals surface area contributed by atoms with Crippen molar-refractivity contribution in [3.8, 4) is 5.88 Å². The molecule has 0 aliphatic rings. The summed E-state index contributed by atoms with van der Waals surface area (Å²) in [7, 11) is 1.69. The topological polar surface area (TPSA) is 86.9 Å². The van der Waals surface area contributed by atoms with Gasteiger partial charge < -0.3 is 19.9 Å². The number of anilines is 1. The summed E-state index contributed by atoms with van der Waals surface area (Å²) < 4.78 is 16.2.